The van der Waals surface area contributed by atoms with Crippen molar-refractivity contribution in [1.82, 2.24) is 0 Å². The van der Waals surface area contributed by atoms with Crippen LogP contribution in [-0.2, 0) is 19.0 Å². The topological polar surface area (TPSA) is 85.2 Å². The second kappa shape index (κ2) is 9.43. The Morgan fingerprint density at radius 2 is 1.64 bits per heavy atom. The average molecular weight is 356 g/mol. The number of ether oxygens (including phenoxy) is 3. The molecule has 2 aliphatic heterocycles. The van der Waals surface area contributed by atoms with Gasteiger partial charge in [-0.2, -0.15) is 0 Å². The molecule has 0 aromatic carbocycles. The SMILES string of the molecule is CCCCCCCCCCCC1(C)OC[C@@H]([C@H]2OC(=O)C(O)=C2O)O1. The predicted molar refractivity (Wildman–Crippen MR) is 93.2 cm³/mol. The highest BCUT2D eigenvalue weighted by atomic mass is 16.8. The van der Waals surface area contributed by atoms with Crippen LogP contribution in [0.2, 0.25) is 0 Å². The normalized spacial score (nSPS) is 29.4. The van der Waals surface area contributed by atoms with Crippen LogP contribution in [0.4, 0.5) is 0 Å². The van der Waals surface area contributed by atoms with Crippen LogP contribution in [0.3, 0.4) is 0 Å². The van der Waals surface area contributed by atoms with E-state index in [2.05, 4.69) is 6.92 Å². The van der Waals surface area contributed by atoms with Gasteiger partial charge in [0, 0.05) is 6.42 Å². The highest BCUT2D eigenvalue weighted by Gasteiger charge is 2.47. The zero-order valence-electron chi connectivity index (χ0n) is 15.5. The molecule has 0 aliphatic carbocycles. The van der Waals surface area contributed by atoms with Gasteiger partial charge in [-0.3, -0.25) is 0 Å². The molecule has 0 saturated carbocycles. The van der Waals surface area contributed by atoms with Crippen molar-refractivity contribution in [2.24, 2.45) is 0 Å². The molecule has 2 N–H and O–H groups in total. The highest BCUT2D eigenvalue weighted by molar-refractivity contribution is 5.89. The molecule has 0 spiro atoms. The van der Waals surface area contributed by atoms with Crippen molar-refractivity contribution in [2.75, 3.05) is 6.61 Å². The van der Waals surface area contributed by atoms with Crippen LogP contribution in [0.1, 0.15) is 78.1 Å². The van der Waals surface area contributed by atoms with E-state index in [0.717, 1.165) is 19.3 Å². The lowest BCUT2D eigenvalue weighted by Crippen LogP contribution is -2.33. The highest BCUT2D eigenvalue weighted by Crippen LogP contribution is 2.34. The zero-order valence-corrected chi connectivity index (χ0v) is 15.5. The molecule has 0 aromatic rings. The number of carbonyl (C=O) groups is 1. The van der Waals surface area contributed by atoms with Gasteiger partial charge in [0.05, 0.1) is 6.61 Å². The molecule has 0 amide bonds. The van der Waals surface area contributed by atoms with Crippen molar-refractivity contribution in [1.29, 1.82) is 0 Å². The lowest BCUT2D eigenvalue weighted by Gasteiger charge is -2.24. The third-order valence-electron chi connectivity index (χ3n) is 4.97. The van der Waals surface area contributed by atoms with E-state index in [1.165, 1.54) is 44.9 Å². The van der Waals surface area contributed by atoms with Crippen LogP contribution < -0.4 is 0 Å². The van der Waals surface area contributed by atoms with Crippen LogP contribution in [0.25, 0.3) is 0 Å². The van der Waals surface area contributed by atoms with Crippen molar-refractivity contribution in [2.45, 2.75) is 96.1 Å². The Hall–Kier alpha value is -1.27. The molecule has 1 fully saturated rings. The van der Waals surface area contributed by atoms with Crippen molar-refractivity contribution < 1.29 is 29.2 Å². The smallest absolute Gasteiger partial charge is 0.377 e. The van der Waals surface area contributed by atoms with Crippen molar-refractivity contribution in [3.8, 4) is 0 Å². The lowest BCUT2D eigenvalue weighted by atomic mass is 10.0. The van der Waals surface area contributed by atoms with E-state index in [4.69, 9.17) is 14.2 Å². The summed E-state index contributed by atoms with van der Waals surface area (Å²) in [7, 11) is 0. The summed E-state index contributed by atoms with van der Waals surface area (Å²) in [6.45, 7) is 4.33. The number of carbonyl (C=O) groups excluding carboxylic acids is 1. The summed E-state index contributed by atoms with van der Waals surface area (Å²) in [5.41, 5.74) is 0. The molecule has 25 heavy (non-hydrogen) atoms. The van der Waals surface area contributed by atoms with Crippen molar-refractivity contribution >= 4 is 5.97 Å². The van der Waals surface area contributed by atoms with E-state index in [0.29, 0.717) is 0 Å². The van der Waals surface area contributed by atoms with Gasteiger partial charge in [-0.25, -0.2) is 4.79 Å². The Kier molecular flexibility index (Phi) is 7.56. The summed E-state index contributed by atoms with van der Waals surface area (Å²) in [6.07, 6.45) is 10.5. The molecule has 3 atom stereocenters. The third kappa shape index (κ3) is 5.61. The second-order valence-corrected chi connectivity index (χ2v) is 7.24. The first-order valence-electron chi connectivity index (χ1n) is 9.61. The minimum atomic E-state index is -0.975. The third-order valence-corrected chi connectivity index (χ3v) is 4.97. The van der Waals surface area contributed by atoms with Gasteiger partial charge in [0.2, 0.25) is 5.76 Å². The van der Waals surface area contributed by atoms with Gasteiger partial charge in [0.25, 0.3) is 0 Å². The van der Waals surface area contributed by atoms with Crippen LogP contribution in [-0.4, -0.2) is 40.8 Å². The van der Waals surface area contributed by atoms with Crippen LogP contribution in [0.15, 0.2) is 11.5 Å². The van der Waals surface area contributed by atoms with Gasteiger partial charge in [-0.15, -0.1) is 0 Å². The number of hydrogen-bond donors (Lipinski definition) is 2. The first-order valence-corrected chi connectivity index (χ1v) is 9.61. The van der Waals surface area contributed by atoms with Crippen LogP contribution in [0.5, 0.6) is 0 Å². The molecule has 0 aromatic heterocycles. The maximum atomic E-state index is 11.3. The van der Waals surface area contributed by atoms with Crippen LogP contribution in [0, 0.1) is 0 Å². The molecular formula is C19H32O6. The molecule has 0 bridgehead atoms. The number of esters is 1. The average Bonchev–Trinajstić information content (AvgIpc) is 3.09. The summed E-state index contributed by atoms with van der Waals surface area (Å²) in [6, 6.07) is 0. The summed E-state index contributed by atoms with van der Waals surface area (Å²) in [5, 5.41) is 19.1. The Bertz CT molecular complexity index is 475. The molecule has 2 aliphatic rings. The largest absolute Gasteiger partial charge is 0.505 e. The monoisotopic (exact) mass is 356 g/mol. The van der Waals surface area contributed by atoms with E-state index in [1.807, 2.05) is 6.92 Å². The maximum absolute atomic E-state index is 11.3. The Morgan fingerprint density at radius 3 is 2.20 bits per heavy atom. The minimum absolute atomic E-state index is 0.225. The van der Waals surface area contributed by atoms with Gasteiger partial charge in [-0.1, -0.05) is 58.3 Å². The molecule has 2 rings (SSSR count). The second-order valence-electron chi connectivity index (χ2n) is 7.24. The van der Waals surface area contributed by atoms with Crippen LogP contribution >= 0.6 is 0 Å². The zero-order chi connectivity index (χ0) is 18.3. The van der Waals surface area contributed by atoms with Gasteiger partial charge in [0.15, 0.2) is 17.7 Å². The van der Waals surface area contributed by atoms with E-state index >= 15 is 0 Å². The summed E-state index contributed by atoms with van der Waals surface area (Å²) >= 11 is 0. The molecule has 6 heteroatoms. The summed E-state index contributed by atoms with van der Waals surface area (Å²) < 4.78 is 16.5. The standard InChI is InChI=1S/C19H32O6/c1-3-4-5-6-7-8-9-10-11-12-19(2)23-13-14(25-19)17-15(20)16(21)18(22)24-17/h14,17,20-21H,3-13H2,1-2H3/t14-,17+,19?/m0/s1. The summed E-state index contributed by atoms with van der Waals surface area (Å²) in [4.78, 5) is 11.3. The predicted octanol–water partition coefficient (Wildman–Crippen LogP) is 4.29. The van der Waals surface area contributed by atoms with E-state index < -0.39 is 35.5 Å². The molecule has 2 heterocycles. The fourth-order valence-corrected chi connectivity index (χ4v) is 3.40. The number of aliphatic hydroxyl groups excluding tert-OH is 2. The maximum Gasteiger partial charge on any atom is 0.377 e. The minimum Gasteiger partial charge on any atom is -0.505 e. The Morgan fingerprint density at radius 1 is 1.04 bits per heavy atom. The molecule has 1 saturated heterocycles. The lowest BCUT2D eigenvalue weighted by molar-refractivity contribution is -0.175. The Balaban J connectivity index is 1.61. The molecule has 1 unspecified atom stereocenters. The fraction of sp³-hybridized carbons (Fsp3) is 0.842. The number of hydrogen-bond acceptors (Lipinski definition) is 6. The van der Waals surface area contributed by atoms with Gasteiger partial charge >= 0.3 is 5.97 Å². The molecule has 0 radical (unpaired) electrons. The fourth-order valence-electron chi connectivity index (χ4n) is 3.40. The van der Waals surface area contributed by atoms with Gasteiger partial charge < -0.3 is 24.4 Å². The number of unbranched alkanes of at least 4 members (excludes halogenated alkanes) is 8. The van der Waals surface area contributed by atoms with Gasteiger partial charge in [0.1, 0.15) is 6.10 Å². The van der Waals surface area contributed by atoms with Gasteiger partial charge in [-0.05, 0) is 13.3 Å². The quantitative estimate of drug-likeness (QED) is 0.424. The van der Waals surface area contributed by atoms with E-state index in [1.54, 1.807) is 0 Å². The summed E-state index contributed by atoms with van der Waals surface area (Å²) in [5.74, 6) is -2.85. The molecule has 6 nitrogen and oxygen atoms in total. The number of rotatable bonds is 11. The molecule has 144 valence electrons. The first-order chi connectivity index (χ1) is 12.0. The Labute approximate surface area is 150 Å². The van der Waals surface area contributed by atoms with Crippen molar-refractivity contribution in [3.63, 3.8) is 0 Å². The first kappa shape index (κ1) is 20.0. The van der Waals surface area contributed by atoms with E-state index in [9.17, 15) is 15.0 Å². The van der Waals surface area contributed by atoms with E-state index in [-0.39, 0.29) is 6.61 Å². The molecular weight excluding hydrogens is 324 g/mol. The number of aliphatic hydroxyl groups is 2. The van der Waals surface area contributed by atoms with Crippen molar-refractivity contribution in [3.05, 3.63) is 11.5 Å². The number of cyclic esters (lactones) is 1.